The summed E-state index contributed by atoms with van der Waals surface area (Å²) < 4.78 is 0. The van der Waals surface area contributed by atoms with Crippen LogP contribution in [0.25, 0.3) is 0 Å². The molecular formula is C14H20N2O. The van der Waals surface area contributed by atoms with Crippen molar-refractivity contribution in [3.05, 3.63) is 34.9 Å². The molecule has 3 nitrogen and oxygen atoms in total. The second-order valence-electron chi connectivity index (χ2n) is 4.87. The first-order valence-electron chi connectivity index (χ1n) is 6.18. The average molecular weight is 232 g/mol. The molecular weight excluding hydrogens is 212 g/mol. The zero-order valence-electron chi connectivity index (χ0n) is 10.8. The molecule has 17 heavy (non-hydrogen) atoms. The summed E-state index contributed by atoms with van der Waals surface area (Å²) in [6.07, 6.45) is 0. The highest BCUT2D eigenvalue weighted by Gasteiger charge is 2.24. The number of nitrogens with one attached hydrogen (secondary N) is 1. The monoisotopic (exact) mass is 232 g/mol. The summed E-state index contributed by atoms with van der Waals surface area (Å²) in [6, 6.07) is 6.34. The van der Waals surface area contributed by atoms with E-state index in [1.807, 2.05) is 36.9 Å². The second-order valence-corrected chi connectivity index (χ2v) is 4.87. The fourth-order valence-corrected chi connectivity index (χ4v) is 2.26. The van der Waals surface area contributed by atoms with Crippen molar-refractivity contribution in [2.75, 3.05) is 19.6 Å². The van der Waals surface area contributed by atoms with Crippen LogP contribution in [-0.4, -0.2) is 36.5 Å². The van der Waals surface area contributed by atoms with Crippen LogP contribution in [0, 0.1) is 13.8 Å². The number of aryl methyl sites for hydroxylation is 2. The molecule has 2 rings (SSSR count). The maximum atomic E-state index is 12.5. The van der Waals surface area contributed by atoms with E-state index in [0.29, 0.717) is 0 Å². The van der Waals surface area contributed by atoms with E-state index in [9.17, 15) is 4.79 Å². The van der Waals surface area contributed by atoms with Crippen LogP contribution in [0.1, 0.15) is 28.4 Å². The number of carbonyl (C=O) groups is 1. The van der Waals surface area contributed by atoms with Crippen LogP contribution in [0.15, 0.2) is 18.2 Å². The van der Waals surface area contributed by atoms with Gasteiger partial charge in [0.2, 0.25) is 0 Å². The van der Waals surface area contributed by atoms with Gasteiger partial charge >= 0.3 is 0 Å². The minimum absolute atomic E-state index is 0.167. The van der Waals surface area contributed by atoms with Crippen molar-refractivity contribution in [1.82, 2.24) is 10.2 Å². The van der Waals surface area contributed by atoms with Gasteiger partial charge in [-0.3, -0.25) is 4.79 Å². The predicted molar refractivity (Wildman–Crippen MR) is 69.3 cm³/mol. The van der Waals surface area contributed by atoms with Gasteiger partial charge in [-0.15, -0.1) is 0 Å². The molecule has 1 N–H and O–H groups in total. The Morgan fingerprint density at radius 3 is 2.88 bits per heavy atom. The first-order valence-corrected chi connectivity index (χ1v) is 6.18. The van der Waals surface area contributed by atoms with E-state index in [1.165, 1.54) is 0 Å². The first kappa shape index (κ1) is 12.1. The summed E-state index contributed by atoms with van der Waals surface area (Å²) in [7, 11) is 0. The maximum absolute atomic E-state index is 12.5. The molecule has 1 aromatic carbocycles. The smallest absolute Gasteiger partial charge is 0.254 e. The largest absolute Gasteiger partial charge is 0.333 e. The number of carbonyl (C=O) groups excluding carboxylic acids is 1. The van der Waals surface area contributed by atoms with Gasteiger partial charge in [0.25, 0.3) is 5.91 Å². The Kier molecular flexibility index (Phi) is 3.48. The molecule has 1 saturated heterocycles. The third kappa shape index (κ3) is 2.50. The Morgan fingerprint density at radius 1 is 1.41 bits per heavy atom. The second kappa shape index (κ2) is 4.88. The number of amides is 1. The molecule has 0 bridgehead atoms. The minimum Gasteiger partial charge on any atom is -0.333 e. The van der Waals surface area contributed by atoms with Crippen LogP contribution >= 0.6 is 0 Å². The van der Waals surface area contributed by atoms with Crippen molar-refractivity contribution >= 4 is 5.91 Å². The standard InChI is InChI=1S/C14H20N2O/c1-10-4-5-11(2)13(8-10)14(17)16-7-6-15-9-12(16)3/h4-5,8,12,15H,6-7,9H2,1-3H3/t12-/m1/s1. The van der Waals surface area contributed by atoms with Crippen LogP contribution in [-0.2, 0) is 0 Å². The molecule has 1 heterocycles. The molecule has 1 atom stereocenters. The molecule has 1 fully saturated rings. The van der Waals surface area contributed by atoms with Crippen molar-refractivity contribution in [1.29, 1.82) is 0 Å². The number of rotatable bonds is 1. The summed E-state index contributed by atoms with van der Waals surface area (Å²) in [5.41, 5.74) is 3.05. The van der Waals surface area contributed by atoms with Crippen LogP contribution < -0.4 is 5.32 Å². The van der Waals surface area contributed by atoms with Gasteiger partial charge in [-0.25, -0.2) is 0 Å². The summed E-state index contributed by atoms with van der Waals surface area (Å²) in [6.45, 7) is 8.69. The maximum Gasteiger partial charge on any atom is 0.254 e. The zero-order chi connectivity index (χ0) is 12.4. The Labute approximate surface area is 103 Å². The Morgan fingerprint density at radius 2 is 2.18 bits per heavy atom. The highest BCUT2D eigenvalue weighted by molar-refractivity contribution is 5.96. The van der Waals surface area contributed by atoms with Crippen molar-refractivity contribution in [3.8, 4) is 0 Å². The number of hydrogen-bond acceptors (Lipinski definition) is 2. The molecule has 0 aliphatic carbocycles. The zero-order valence-corrected chi connectivity index (χ0v) is 10.8. The van der Waals surface area contributed by atoms with Gasteiger partial charge in [-0.2, -0.15) is 0 Å². The van der Waals surface area contributed by atoms with E-state index in [1.54, 1.807) is 0 Å². The third-order valence-electron chi connectivity index (χ3n) is 3.39. The van der Waals surface area contributed by atoms with E-state index >= 15 is 0 Å². The van der Waals surface area contributed by atoms with E-state index in [-0.39, 0.29) is 11.9 Å². The van der Waals surface area contributed by atoms with Gasteiger partial charge in [0.05, 0.1) is 0 Å². The third-order valence-corrected chi connectivity index (χ3v) is 3.39. The van der Waals surface area contributed by atoms with E-state index in [4.69, 9.17) is 0 Å². The number of nitrogens with zero attached hydrogens (tertiary/aromatic N) is 1. The molecule has 0 aromatic heterocycles. The van der Waals surface area contributed by atoms with Gasteiger partial charge in [-0.05, 0) is 32.4 Å². The molecule has 1 amide bonds. The summed E-state index contributed by atoms with van der Waals surface area (Å²) in [5.74, 6) is 0.167. The fraction of sp³-hybridized carbons (Fsp3) is 0.500. The lowest BCUT2D eigenvalue weighted by atomic mass is 10.0. The topological polar surface area (TPSA) is 32.3 Å². The molecule has 1 aromatic rings. The molecule has 92 valence electrons. The van der Waals surface area contributed by atoms with Crippen LogP contribution in [0.4, 0.5) is 0 Å². The highest BCUT2D eigenvalue weighted by Crippen LogP contribution is 2.15. The summed E-state index contributed by atoms with van der Waals surface area (Å²) in [4.78, 5) is 14.5. The van der Waals surface area contributed by atoms with Crippen molar-refractivity contribution in [3.63, 3.8) is 0 Å². The SMILES string of the molecule is Cc1ccc(C)c(C(=O)N2CCNC[C@H]2C)c1. The van der Waals surface area contributed by atoms with Gasteiger partial charge in [-0.1, -0.05) is 17.7 Å². The predicted octanol–water partition coefficient (Wildman–Crippen LogP) is 1.74. The van der Waals surface area contributed by atoms with E-state index < -0.39 is 0 Å². The summed E-state index contributed by atoms with van der Waals surface area (Å²) in [5, 5.41) is 3.30. The van der Waals surface area contributed by atoms with Crippen LogP contribution in [0.5, 0.6) is 0 Å². The van der Waals surface area contributed by atoms with Gasteiger partial charge < -0.3 is 10.2 Å². The molecule has 0 saturated carbocycles. The minimum atomic E-state index is 0.167. The van der Waals surface area contributed by atoms with Gasteiger partial charge in [0, 0.05) is 31.2 Å². The van der Waals surface area contributed by atoms with Crippen molar-refractivity contribution in [2.24, 2.45) is 0 Å². The van der Waals surface area contributed by atoms with Gasteiger partial charge in [0.1, 0.15) is 0 Å². The molecule has 1 aliphatic heterocycles. The molecule has 0 spiro atoms. The van der Waals surface area contributed by atoms with Crippen LogP contribution in [0.3, 0.4) is 0 Å². The van der Waals surface area contributed by atoms with E-state index in [0.717, 1.165) is 36.3 Å². The number of benzene rings is 1. The molecule has 3 heteroatoms. The lowest BCUT2D eigenvalue weighted by molar-refractivity contribution is 0.0655. The Hall–Kier alpha value is -1.35. The van der Waals surface area contributed by atoms with E-state index in [2.05, 4.69) is 12.2 Å². The normalized spacial score (nSPS) is 20.4. The Balaban J connectivity index is 2.26. The Bertz CT molecular complexity index is 428. The first-order chi connectivity index (χ1) is 8.09. The molecule has 1 aliphatic rings. The van der Waals surface area contributed by atoms with Crippen LogP contribution in [0.2, 0.25) is 0 Å². The highest BCUT2D eigenvalue weighted by atomic mass is 16.2. The quantitative estimate of drug-likeness (QED) is 0.800. The number of piperazine rings is 1. The summed E-state index contributed by atoms with van der Waals surface area (Å²) >= 11 is 0. The molecule has 0 radical (unpaired) electrons. The average Bonchev–Trinajstić information content (AvgIpc) is 2.32. The van der Waals surface area contributed by atoms with Crippen molar-refractivity contribution < 1.29 is 4.79 Å². The number of hydrogen-bond donors (Lipinski definition) is 1. The fourth-order valence-electron chi connectivity index (χ4n) is 2.26. The molecule has 0 unspecified atom stereocenters. The van der Waals surface area contributed by atoms with Crippen molar-refractivity contribution in [2.45, 2.75) is 26.8 Å². The lowest BCUT2D eigenvalue weighted by Crippen LogP contribution is -2.52. The van der Waals surface area contributed by atoms with Gasteiger partial charge in [0.15, 0.2) is 0 Å². The lowest BCUT2D eigenvalue weighted by Gasteiger charge is -2.34.